The van der Waals surface area contributed by atoms with E-state index in [9.17, 15) is 4.79 Å². The number of halogens is 1. The fourth-order valence-electron chi connectivity index (χ4n) is 5.22. The highest BCUT2D eigenvalue weighted by Gasteiger charge is 2.19. The highest BCUT2D eigenvalue weighted by molar-refractivity contribution is 5.85. The number of hydrogen-bond donors (Lipinski definition) is 1. The first-order chi connectivity index (χ1) is 15.2. The van der Waals surface area contributed by atoms with E-state index in [1.54, 1.807) is 18.1 Å². The summed E-state index contributed by atoms with van der Waals surface area (Å²) in [6.07, 6.45) is 9.53. The summed E-state index contributed by atoms with van der Waals surface area (Å²) >= 11 is 0. The number of nitrogens with zero attached hydrogens (tertiary/aromatic N) is 1. The molecule has 0 amide bonds. The Bertz CT molecular complexity index is 864. The van der Waals surface area contributed by atoms with Gasteiger partial charge in [0.1, 0.15) is 5.78 Å². The average molecular weight is 455 g/mol. The van der Waals surface area contributed by atoms with Crippen LogP contribution in [0.5, 0.6) is 0 Å². The van der Waals surface area contributed by atoms with Crippen molar-refractivity contribution in [2.75, 3.05) is 32.7 Å². The van der Waals surface area contributed by atoms with E-state index in [0.717, 1.165) is 32.2 Å². The van der Waals surface area contributed by atoms with E-state index in [1.807, 2.05) is 0 Å². The number of likely N-dealkylation sites (tertiary alicyclic amines) is 1. The summed E-state index contributed by atoms with van der Waals surface area (Å²) in [5.41, 5.74) is 7.50. The molecule has 32 heavy (non-hydrogen) atoms. The molecule has 1 saturated heterocycles. The fraction of sp³-hybridized carbons (Fsp3) is 0.536. The van der Waals surface area contributed by atoms with Gasteiger partial charge in [0, 0.05) is 6.54 Å². The van der Waals surface area contributed by atoms with Gasteiger partial charge in [0.15, 0.2) is 0 Å². The molecule has 1 fully saturated rings. The van der Waals surface area contributed by atoms with Crippen LogP contribution in [0.1, 0.15) is 54.0 Å². The van der Waals surface area contributed by atoms with Gasteiger partial charge in [-0.25, -0.2) is 0 Å². The van der Waals surface area contributed by atoms with Crippen molar-refractivity contribution < 1.29 is 4.79 Å². The Hall–Kier alpha value is -1.68. The molecule has 1 heterocycles. The first-order valence-corrected chi connectivity index (χ1v) is 12.3. The molecule has 0 saturated carbocycles. The van der Waals surface area contributed by atoms with Crippen molar-refractivity contribution in [2.45, 2.75) is 58.3 Å². The van der Waals surface area contributed by atoms with Crippen LogP contribution in [0.4, 0.5) is 0 Å². The van der Waals surface area contributed by atoms with Crippen LogP contribution in [0.25, 0.3) is 0 Å². The quantitative estimate of drug-likeness (QED) is 0.620. The summed E-state index contributed by atoms with van der Waals surface area (Å²) in [4.78, 5) is 13.8. The molecule has 0 aromatic heterocycles. The number of rotatable bonds is 8. The van der Waals surface area contributed by atoms with Crippen molar-refractivity contribution in [3.05, 3.63) is 70.3 Å². The molecule has 4 bridgehead atoms. The van der Waals surface area contributed by atoms with Crippen LogP contribution in [-0.2, 0) is 36.9 Å². The Morgan fingerprint density at radius 1 is 1.00 bits per heavy atom. The lowest BCUT2D eigenvalue weighted by Crippen LogP contribution is -2.40. The summed E-state index contributed by atoms with van der Waals surface area (Å²) in [5, 5.41) is 3.33. The van der Waals surface area contributed by atoms with Crippen LogP contribution < -0.4 is 5.32 Å². The van der Waals surface area contributed by atoms with Gasteiger partial charge in [-0.05, 0) is 112 Å². The van der Waals surface area contributed by atoms with E-state index in [-0.39, 0.29) is 18.2 Å². The molecule has 7 rings (SSSR count). The highest BCUT2D eigenvalue weighted by atomic mass is 35.5. The van der Waals surface area contributed by atoms with Gasteiger partial charge in [0.25, 0.3) is 0 Å². The topological polar surface area (TPSA) is 32.3 Å². The molecule has 5 aliphatic rings. The summed E-state index contributed by atoms with van der Waals surface area (Å²) < 4.78 is 0. The number of carbonyl (C=O) groups is 1. The zero-order valence-corrected chi connectivity index (χ0v) is 20.4. The maximum absolute atomic E-state index is 11.2. The van der Waals surface area contributed by atoms with Gasteiger partial charge in [-0.1, -0.05) is 42.5 Å². The van der Waals surface area contributed by atoms with E-state index in [0.29, 0.717) is 12.5 Å². The first kappa shape index (κ1) is 25.0. The van der Waals surface area contributed by atoms with Gasteiger partial charge in [0.05, 0.1) is 6.54 Å². The monoisotopic (exact) mass is 454 g/mol. The van der Waals surface area contributed by atoms with Crippen LogP contribution in [0, 0.1) is 5.92 Å². The minimum atomic E-state index is 0. The van der Waals surface area contributed by atoms with Crippen molar-refractivity contribution in [1.29, 1.82) is 0 Å². The van der Waals surface area contributed by atoms with Gasteiger partial charge in [-0.15, -0.1) is 12.4 Å². The predicted octanol–water partition coefficient (Wildman–Crippen LogP) is 4.82. The lowest BCUT2D eigenvalue weighted by Gasteiger charge is -2.33. The van der Waals surface area contributed by atoms with Crippen molar-refractivity contribution in [3.8, 4) is 0 Å². The Kier molecular flexibility index (Phi) is 9.77. The molecule has 2 aromatic rings. The Balaban J connectivity index is 0.00000289. The molecule has 0 radical (unpaired) electrons. The van der Waals surface area contributed by atoms with E-state index in [4.69, 9.17) is 0 Å². The summed E-state index contributed by atoms with van der Waals surface area (Å²) in [6.45, 7) is 6.74. The number of aryl methyl sites for hydroxylation is 5. The smallest absolute Gasteiger partial charge is 0.143 e. The average Bonchev–Trinajstić information content (AvgIpc) is 2.76. The van der Waals surface area contributed by atoms with Crippen molar-refractivity contribution >= 4 is 18.2 Å². The second-order valence-electron chi connectivity index (χ2n) is 9.66. The minimum absolute atomic E-state index is 0. The molecule has 4 heteroatoms. The number of carbonyl (C=O) groups excluding carboxylic acids is 1. The van der Waals surface area contributed by atoms with Gasteiger partial charge in [0.2, 0.25) is 0 Å². The summed E-state index contributed by atoms with van der Waals surface area (Å²) in [5.74, 6) is 0.914. The SMILES string of the molecule is CC(=O)CNCC1CCCN(CCCc2cc3ccc2CCc2ccc(cc2)CC3)C1.Cl. The minimum Gasteiger partial charge on any atom is -0.310 e. The van der Waals surface area contributed by atoms with Gasteiger partial charge in [-0.2, -0.15) is 0 Å². The second kappa shape index (κ2) is 12.5. The maximum Gasteiger partial charge on any atom is 0.143 e. The van der Waals surface area contributed by atoms with Gasteiger partial charge < -0.3 is 10.2 Å². The largest absolute Gasteiger partial charge is 0.310 e. The van der Waals surface area contributed by atoms with Crippen LogP contribution in [-0.4, -0.2) is 43.4 Å². The van der Waals surface area contributed by atoms with E-state index in [2.05, 4.69) is 52.7 Å². The predicted molar refractivity (Wildman–Crippen MR) is 136 cm³/mol. The fourth-order valence-corrected chi connectivity index (χ4v) is 5.22. The zero-order chi connectivity index (χ0) is 21.5. The number of ketones is 1. The molecule has 174 valence electrons. The van der Waals surface area contributed by atoms with Crippen molar-refractivity contribution in [1.82, 2.24) is 10.2 Å². The Morgan fingerprint density at radius 2 is 1.69 bits per heavy atom. The van der Waals surface area contributed by atoms with E-state index >= 15 is 0 Å². The number of hydrogen-bond acceptors (Lipinski definition) is 3. The second-order valence-corrected chi connectivity index (χ2v) is 9.66. The maximum atomic E-state index is 11.2. The third-order valence-electron chi connectivity index (χ3n) is 7.01. The van der Waals surface area contributed by atoms with E-state index in [1.165, 1.54) is 62.0 Å². The lowest BCUT2D eigenvalue weighted by atomic mass is 9.91. The summed E-state index contributed by atoms with van der Waals surface area (Å²) in [6, 6.07) is 16.5. The molecular weight excluding hydrogens is 416 g/mol. The standard InChI is InChI=1S/C28H38N2O.ClH/c1-22(31)19-29-20-26-4-2-16-30(21-26)17-3-5-28-18-25-11-10-23-6-8-24(9-7-23)12-14-27(28)15-13-25;/h6-9,13,15,18,26,29H,2-5,10-12,14,16-17,19-21H2,1H3;1H. The van der Waals surface area contributed by atoms with Crippen LogP contribution in [0.2, 0.25) is 0 Å². The number of benzene rings is 2. The summed E-state index contributed by atoms with van der Waals surface area (Å²) in [7, 11) is 0. The van der Waals surface area contributed by atoms with Crippen molar-refractivity contribution in [2.24, 2.45) is 5.92 Å². The van der Waals surface area contributed by atoms with Gasteiger partial charge in [-0.3, -0.25) is 4.79 Å². The molecule has 1 unspecified atom stereocenters. The number of piperidine rings is 1. The van der Waals surface area contributed by atoms with Crippen LogP contribution in [0.15, 0.2) is 42.5 Å². The molecule has 4 aliphatic carbocycles. The van der Waals surface area contributed by atoms with E-state index < -0.39 is 0 Å². The molecule has 1 N–H and O–H groups in total. The molecule has 1 aliphatic heterocycles. The molecule has 2 aromatic carbocycles. The molecule has 3 nitrogen and oxygen atoms in total. The third-order valence-corrected chi connectivity index (χ3v) is 7.01. The number of Topliss-reactive ketones (excluding diaryl/α,β-unsaturated/α-hetero) is 1. The highest BCUT2D eigenvalue weighted by Crippen LogP contribution is 2.21. The van der Waals surface area contributed by atoms with Crippen LogP contribution >= 0.6 is 12.4 Å². The first-order valence-electron chi connectivity index (χ1n) is 12.3. The molecule has 0 spiro atoms. The Labute approximate surface area is 200 Å². The van der Waals surface area contributed by atoms with Crippen LogP contribution in [0.3, 0.4) is 0 Å². The zero-order valence-electron chi connectivity index (χ0n) is 19.6. The molecular formula is C28H39ClN2O. The third kappa shape index (κ3) is 7.43. The normalized spacial score (nSPS) is 18.6. The van der Waals surface area contributed by atoms with Gasteiger partial charge >= 0.3 is 0 Å². The molecule has 1 atom stereocenters. The Morgan fingerprint density at radius 3 is 2.44 bits per heavy atom. The number of nitrogens with one attached hydrogen (secondary N) is 1. The van der Waals surface area contributed by atoms with Crippen molar-refractivity contribution in [3.63, 3.8) is 0 Å². The lowest BCUT2D eigenvalue weighted by molar-refractivity contribution is -0.116.